The van der Waals surface area contributed by atoms with Crippen molar-refractivity contribution in [2.45, 2.75) is 6.61 Å². The van der Waals surface area contributed by atoms with E-state index in [4.69, 9.17) is 4.74 Å². The smallest absolute Gasteiger partial charge is 0.153 e. The van der Waals surface area contributed by atoms with Gasteiger partial charge in [-0.25, -0.2) is 4.39 Å². The van der Waals surface area contributed by atoms with Crippen LogP contribution in [0.25, 0.3) is 11.1 Å². The third-order valence-corrected chi connectivity index (χ3v) is 3.65. The van der Waals surface area contributed by atoms with Gasteiger partial charge in [-0.2, -0.15) is 0 Å². The van der Waals surface area contributed by atoms with Gasteiger partial charge in [0.15, 0.2) is 6.29 Å². The molecule has 0 heterocycles. The van der Waals surface area contributed by atoms with Crippen LogP contribution in [0.15, 0.2) is 66.7 Å². The van der Waals surface area contributed by atoms with Gasteiger partial charge < -0.3 is 9.84 Å². The lowest BCUT2D eigenvalue weighted by molar-refractivity contribution is 0.112. The van der Waals surface area contributed by atoms with E-state index < -0.39 is 5.82 Å². The predicted octanol–water partition coefficient (Wildman–Crippen LogP) is 4.59. The van der Waals surface area contributed by atoms with Gasteiger partial charge in [-0.05, 0) is 35.4 Å². The third-order valence-electron chi connectivity index (χ3n) is 3.65. The number of carbonyl (C=O) groups excluding carboxylic acids is 1. The van der Waals surface area contributed by atoms with Crippen LogP contribution in [0.3, 0.4) is 0 Å². The number of rotatable bonds is 5. The van der Waals surface area contributed by atoms with Crippen molar-refractivity contribution in [3.05, 3.63) is 83.7 Å². The van der Waals surface area contributed by atoms with Crippen LogP contribution in [0, 0.1) is 5.82 Å². The van der Waals surface area contributed by atoms with E-state index in [2.05, 4.69) is 0 Å². The van der Waals surface area contributed by atoms with Gasteiger partial charge >= 0.3 is 0 Å². The zero-order chi connectivity index (χ0) is 16.9. The first-order valence-corrected chi connectivity index (χ1v) is 7.42. The number of benzene rings is 3. The molecule has 3 aromatic carbocycles. The fourth-order valence-corrected chi connectivity index (χ4v) is 2.41. The summed E-state index contributed by atoms with van der Waals surface area (Å²) >= 11 is 0. The number of hydrogen-bond acceptors (Lipinski definition) is 3. The predicted molar refractivity (Wildman–Crippen MR) is 89.7 cm³/mol. The minimum Gasteiger partial charge on any atom is -0.507 e. The molecule has 0 amide bonds. The lowest BCUT2D eigenvalue weighted by Gasteiger charge is -2.13. The summed E-state index contributed by atoms with van der Waals surface area (Å²) < 4.78 is 19.4. The van der Waals surface area contributed by atoms with E-state index in [0.29, 0.717) is 29.8 Å². The highest BCUT2D eigenvalue weighted by Crippen LogP contribution is 2.33. The Morgan fingerprint density at radius 3 is 2.54 bits per heavy atom. The summed E-state index contributed by atoms with van der Waals surface area (Å²) in [6, 6.07) is 18.4. The number of hydrogen-bond donors (Lipinski definition) is 1. The maximum Gasteiger partial charge on any atom is 0.153 e. The van der Waals surface area contributed by atoms with Crippen LogP contribution in [-0.4, -0.2) is 11.4 Å². The number of halogens is 1. The second-order valence-electron chi connectivity index (χ2n) is 5.31. The van der Waals surface area contributed by atoms with Gasteiger partial charge in [0.25, 0.3) is 0 Å². The van der Waals surface area contributed by atoms with Crippen molar-refractivity contribution in [2.75, 3.05) is 0 Å². The van der Waals surface area contributed by atoms with Gasteiger partial charge in [0.05, 0.1) is 5.56 Å². The van der Waals surface area contributed by atoms with Crippen LogP contribution in [-0.2, 0) is 6.61 Å². The zero-order valence-corrected chi connectivity index (χ0v) is 12.8. The SMILES string of the molecule is O=Cc1cc(-c2ccc(F)cc2OCc2ccccc2)ccc1O. The molecule has 0 spiro atoms. The Hall–Kier alpha value is -3.14. The molecular weight excluding hydrogens is 307 g/mol. The number of aromatic hydroxyl groups is 1. The molecule has 0 bridgehead atoms. The second-order valence-corrected chi connectivity index (χ2v) is 5.31. The molecule has 0 unspecified atom stereocenters. The summed E-state index contributed by atoms with van der Waals surface area (Å²) in [4.78, 5) is 11.0. The topological polar surface area (TPSA) is 46.5 Å². The third kappa shape index (κ3) is 3.43. The highest BCUT2D eigenvalue weighted by atomic mass is 19.1. The molecule has 4 heteroatoms. The Morgan fingerprint density at radius 2 is 1.79 bits per heavy atom. The molecule has 0 saturated carbocycles. The molecule has 0 aromatic heterocycles. The molecule has 0 aliphatic carbocycles. The normalized spacial score (nSPS) is 10.4. The Kier molecular flexibility index (Phi) is 4.57. The summed E-state index contributed by atoms with van der Waals surface area (Å²) in [5, 5.41) is 9.62. The minimum atomic E-state index is -0.406. The fourth-order valence-electron chi connectivity index (χ4n) is 2.41. The van der Waals surface area contributed by atoms with E-state index in [1.807, 2.05) is 30.3 Å². The van der Waals surface area contributed by atoms with Gasteiger partial charge in [-0.1, -0.05) is 36.4 Å². The molecular formula is C20H15FO3. The largest absolute Gasteiger partial charge is 0.507 e. The van der Waals surface area contributed by atoms with E-state index in [0.717, 1.165) is 5.56 Å². The van der Waals surface area contributed by atoms with Crippen molar-refractivity contribution in [1.29, 1.82) is 0 Å². The number of ether oxygens (including phenoxy) is 1. The number of phenols is 1. The van der Waals surface area contributed by atoms with Gasteiger partial charge in [0.2, 0.25) is 0 Å². The molecule has 24 heavy (non-hydrogen) atoms. The first kappa shape index (κ1) is 15.7. The fraction of sp³-hybridized carbons (Fsp3) is 0.0500. The van der Waals surface area contributed by atoms with Crippen molar-refractivity contribution >= 4 is 6.29 Å². The molecule has 0 radical (unpaired) electrons. The first-order valence-electron chi connectivity index (χ1n) is 7.42. The molecule has 3 aromatic rings. The van der Waals surface area contributed by atoms with Crippen LogP contribution in [0.5, 0.6) is 11.5 Å². The summed E-state index contributed by atoms with van der Waals surface area (Å²) in [5.41, 5.74) is 2.45. The quantitative estimate of drug-likeness (QED) is 0.699. The van der Waals surface area contributed by atoms with Crippen molar-refractivity contribution in [3.63, 3.8) is 0 Å². The van der Waals surface area contributed by atoms with Crippen LogP contribution < -0.4 is 4.74 Å². The Morgan fingerprint density at radius 1 is 1.00 bits per heavy atom. The van der Waals surface area contributed by atoms with E-state index in [1.54, 1.807) is 18.2 Å². The highest BCUT2D eigenvalue weighted by Gasteiger charge is 2.11. The molecule has 0 atom stereocenters. The van der Waals surface area contributed by atoms with Crippen LogP contribution in [0.1, 0.15) is 15.9 Å². The number of carbonyl (C=O) groups is 1. The van der Waals surface area contributed by atoms with Crippen molar-refractivity contribution in [1.82, 2.24) is 0 Å². The molecule has 0 saturated heterocycles. The molecule has 0 fully saturated rings. The number of phenolic OH excluding ortho intramolecular Hbond substituents is 1. The summed E-state index contributed by atoms with van der Waals surface area (Å²) in [7, 11) is 0. The summed E-state index contributed by atoms with van der Waals surface area (Å²) in [6.45, 7) is 0.302. The molecule has 0 aliphatic heterocycles. The summed E-state index contributed by atoms with van der Waals surface area (Å²) in [5.74, 6) is -0.125. The van der Waals surface area contributed by atoms with Gasteiger partial charge in [0, 0.05) is 11.6 Å². The molecule has 120 valence electrons. The van der Waals surface area contributed by atoms with Gasteiger partial charge in [-0.3, -0.25) is 4.79 Å². The average Bonchev–Trinajstić information content (AvgIpc) is 2.61. The van der Waals surface area contributed by atoms with Gasteiger partial charge in [-0.15, -0.1) is 0 Å². The molecule has 3 rings (SSSR count). The van der Waals surface area contributed by atoms with Crippen LogP contribution in [0.4, 0.5) is 4.39 Å². The average molecular weight is 322 g/mol. The van der Waals surface area contributed by atoms with Crippen molar-refractivity contribution < 1.29 is 19.0 Å². The molecule has 1 N–H and O–H groups in total. The molecule has 0 aliphatic rings. The lowest BCUT2D eigenvalue weighted by Crippen LogP contribution is -1.98. The monoisotopic (exact) mass is 322 g/mol. The van der Waals surface area contributed by atoms with Crippen molar-refractivity contribution in [2.24, 2.45) is 0 Å². The first-order chi connectivity index (χ1) is 11.7. The standard InChI is InChI=1S/C20H15FO3/c21-17-7-8-18(15-6-9-19(23)16(10-15)12-22)20(11-17)24-13-14-4-2-1-3-5-14/h1-12,23H,13H2. The van der Waals surface area contributed by atoms with E-state index in [-0.39, 0.29) is 11.3 Å². The Balaban J connectivity index is 1.95. The highest BCUT2D eigenvalue weighted by molar-refractivity contribution is 5.83. The maximum atomic E-state index is 13.6. The Labute approximate surface area is 139 Å². The van der Waals surface area contributed by atoms with E-state index in [1.165, 1.54) is 18.2 Å². The van der Waals surface area contributed by atoms with E-state index in [9.17, 15) is 14.3 Å². The second kappa shape index (κ2) is 6.96. The summed E-state index contributed by atoms with van der Waals surface area (Å²) in [6.07, 6.45) is 0.576. The number of aldehydes is 1. The Bertz CT molecular complexity index is 860. The lowest BCUT2D eigenvalue weighted by atomic mass is 10.0. The van der Waals surface area contributed by atoms with E-state index >= 15 is 0 Å². The maximum absolute atomic E-state index is 13.6. The molecule has 3 nitrogen and oxygen atoms in total. The minimum absolute atomic E-state index is 0.0948. The van der Waals surface area contributed by atoms with Gasteiger partial charge in [0.1, 0.15) is 23.9 Å². The van der Waals surface area contributed by atoms with Crippen LogP contribution >= 0.6 is 0 Å². The van der Waals surface area contributed by atoms with Crippen molar-refractivity contribution in [3.8, 4) is 22.6 Å². The van der Waals surface area contributed by atoms with Crippen LogP contribution in [0.2, 0.25) is 0 Å². The zero-order valence-electron chi connectivity index (χ0n) is 12.8.